The second kappa shape index (κ2) is 12.6. The Morgan fingerprint density at radius 2 is 1.72 bits per heavy atom. The minimum Gasteiger partial charge on any atom is -0.495 e. The fraction of sp³-hybridized carbons (Fsp3) is 0.486. The molecule has 2 aromatic carbocycles. The van der Waals surface area contributed by atoms with Gasteiger partial charge < -0.3 is 14.7 Å². The van der Waals surface area contributed by atoms with Crippen LogP contribution in [0.25, 0.3) is 11.1 Å². The van der Waals surface area contributed by atoms with Gasteiger partial charge in [0.05, 0.1) is 30.8 Å². The predicted octanol–water partition coefficient (Wildman–Crippen LogP) is 6.96. The van der Waals surface area contributed by atoms with Crippen molar-refractivity contribution in [1.82, 2.24) is 9.78 Å². The van der Waals surface area contributed by atoms with Crippen molar-refractivity contribution in [2.45, 2.75) is 76.2 Å². The average Bonchev–Trinajstić information content (AvgIpc) is 3.79. The van der Waals surface area contributed by atoms with Gasteiger partial charge in [-0.25, -0.2) is 0 Å². The highest BCUT2D eigenvalue weighted by Crippen LogP contribution is 2.40. The fourth-order valence-electron chi connectivity index (χ4n) is 7.01. The van der Waals surface area contributed by atoms with Gasteiger partial charge in [0.1, 0.15) is 11.8 Å². The number of methoxy groups -OCH3 is 1. The van der Waals surface area contributed by atoms with E-state index in [0.717, 1.165) is 42.5 Å². The Bertz CT molecular complexity index is 1500. The van der Waals surface area contributed by atoms with E-state index in [-0.39, 0.29) is 17.7 Å². The van der Waals surface area contributed by atoms with E-state index >= 15 is 0 Å². The van der Waals surface area contributed by atoms with Gasteiger partial charge in [-0.15, -0.1) is 0 Å². The molecule has 0 aliphatic heterocycles. The first-order valence-corrected chi connectivity index (χ1v) is 15.7. The lowest BCUT2D eigenvalue weighted by molar-refractivity contribution is -0.144. The minimum atomic E-state index is -0.752. The van der Waals surface area contributed by atoms with Gasteiger partial charge in [0.2, 0.25) is 5.91 Å². The van der Waals surface area contributed by atoms with Crippen LogP contribution in [0, 0.1) is 29.1 Å². The highest BCUT2D eigenvalue weighted by atomic mass is 16.5. The van der Waals surface area contributed by atoms with E-state index in [1.54, 1.807) is 7.11 Å². The van der Waals surface area contributed by atoms with Gasteiger partial charge in [0.25, 0.3) is 0 Å². The van der Waals surface area contributed by atoms with Gasteiger partial charge >= 0.3 is 5.97 Å². The summed E-state index contributed by atoms with van der Waals surface area (Å²) >= 11 is 0. The summed E-state index contributed by atoms with van der Waals surface area (Å²) in [6, 6.07) is 16.9. The van der Waals surface area contributed by atoms with Gasteiger partial charge in [-0.2, -0.15) is 10.4 Å². The highest BCUT2D eigenvalue weighted by Gasteiger charge is 2.34. The zero-order valence-electron chi connectivity index (χ0n) is 24.8. The lowest BCUT2D eigenvalue weighted by Crippen LogP contribution is -2.41. The predicted molar refractivity (Wildman–Crippen MR) is 164 cm³/mol. The fourth-order valence-corrected chi connectivity index (χ4v) is 7.01. The van der Waals surface area contributed by atoms with Crippen LogP contribution in [0.15, 0.2) is 54.9 Å². The zero-order chi connectivity index (χ0) is 29.9. The molecule has 1 amide bonds. The van der Waals surface area contributed by atoms with Gasteiger partial charge in [-0.05, 0) is 111 Å². The van der Waals surface area contributed by atoms with Crippen LogP contribution >= 0.6 is 0 Å². The molecule has 0 saturated heterocycles. The van der Waals surface area contributed by atoms with Crippen LogP contribution in [0.1, 0.15) is 87.3 Å². The summed E-state index contributed by atoms with van der Waals surface area (Å²) in [5.41, 5.74) is 4.75. The van der Waals surface area contributed by atoms with Crippen LogP contribution < -0.4 is 9.64 Å². The Labute approximate surface area is 253 Å². The number of nitriles is 1. The van der Waals surface area contributed by atoms with Crippen molar-refractivity contribution >= 4 is 17.6 Å². The topological polar surface area (TPSA) is 108 Å². The van der Waals surface area contributed by atoms with E-state index < -0.39 is 5.97 Å². The summed E-state index contributed by atoms with van der Waals surface area (Å²) in [5, 5.41) is 23.6. The first kappa shape index (κ1) is 29.0. The van der Waals surface area contributed by atoms with Crippen LogP contribution in [-0.4, -0.2) is 40.4 Å². The second-order valence-electron chi connectivity index (χ2n) is 12.6. The van der Waals surface area contributed by atoms with Crippen molar-refractivity contribution in [3.8, 4) is 22.9 Å². The molecule has 8 heteroatoms. The number of carbonyl (C=O) groups excluding carboxylic acids is 1. The maximum atomic E-state index is 14.1. The maximum absolute atomic E-state index is 14.1. The van der Waals surface area contributed by atoms with Crippen LogP contribution in [-0.2, 0) is 9.59 Å². The number of amides is 1. The molecule has 3 aliphatic carbocycles. The number of carbonyl (C=O) groups is 2. The molecule has 3 saturated carbocycles. The number of rotatable bonds is 9. The van der Waals surface area contributed by atoms with Crippen molar-refractivity contribution in [3.05, 3.63) is 66.0 Å². The lowest BCUT2D eigenvalue weighted by Gasteiger charge is -2.36. The quantitative estimate of drug-likeness (QED) is 0.293. The third kappa shape index (κ3) is 6.46. The molecule has 0 unspecified atom stereocenters. The van der Waals surface area contributed by atoms with Crippen molar-refractivity contribution in [1.29, 1.82) is 5.26 Å². The summed E-state index contributed by atoms with van der Waals surface area (Å²) in [6.45, 7) is 0.654. The molecule has 224 valence electrons. The van der Waals surface area contributed by atoms with Crippen molar-refractivity contribution in [3.63, 3.8) is 0 Å². The lowest BCUT2D eigenvalue weighted by atomic mass is 9.77. The number of hydrogen-bond donors (Lipinski definition) is 1. The normalized spacial score (nSPS) is 23.7. The molecule has 3 fully saturated rings. The van der Waals surface area contributed by atoms with Crippen molar-refractivity contribution in [2.24, 2.45) is 17.8 Å². The molecule has 1 heterocycles. The first-order chi connectivity index (χ1) is 20.9. The number of carboxylic acid groups (broad SMARTS) is 1. The highest BCUT2D eigenvalue weighted by molar-refractivity contribution is 5.96. The van der Waals surface area contributed by atoms with E-state index in [4.69, 9.17) is 4.74 Å². The Kier molecular flexibility index (Phi) is 8.51. The summed E-state index contributed by atoms with van der Waals surface area (Å²) < 4.78 is 7.38. The third-order valence-corrected chi connectivity index (χ3v) is 9.81. The largest absolute Gasteiger partial charge is 0.495 e. The minimum absolute atomic E-state index is 0.116. The SMILES string of the molecule is COc1ccc([C@H]2CC[C@H](CN(c3cccc(-c4cnn(C5CC5)c4)c3)C(=O)[C@H]3CC[C@H](C(=O)O)CC3)CC2)cc1C#N. The molecule has 8 nitrogen and oxygen atoms in total. The molecule has 1 aromatic heterocycles. The van der Waals surface area contributed by atoms with Crippen LogP contribution in [0.2, 0.25) is 0 Å². The monoisotopic (exact) mass is 580 g/mol. The molecular formula is C35H40N4O4. The number of hydrogen-bond acceptors (Lipinski definition) is 5. The number of nitrogens with zero attached hydrogens (tertiary/aromatic N) is 4. The standard InChI is InChI=1S/C35H40N4O4/c1-43-33-16-13-28(17-29(33)19-36)24-7-5-23(6-8-24)21-38(34(40)25-9-11-26(12-10-25)35(41)42)32-4-2-3-27(18-32)30-20-37-39(22-30)31-14-15-31/h2-4,13,16-18,20,22-26,31H,5-12,14-15,21H2,1H3,(H,41,42)/t23-,24-,25-,26-. The Morgan fingerprint density at radius 1 is 0.977 bits per heavy atom. The number of aromatic nitrogens is 2. The number of anilines is 1. The third-order valence-electron chi connectivity index (χ3n) is 9.81. The maximum Gasteiger partial charge on any atom is 0.306 e. The van der Waals surface area contributed by atoms with Crippen LogP contribution in [0.3, 0.4) is 0 Å². The molecule has 3 aliphatic rings. The molecule has 0 bridgehead atoms. The number of aliphatic carboxylic acids is 1. The van der Waals surface area contributed by atoms with Gasteiger partial charge in [-0.1, -0.05) is 18.2 Å². The Morgan fingerprint density at radius 3 is 2.40 bits per heavy atom. The van der Waals surface area contributed by atoms with Crippen molar-refractivity contribution in [2.75, 3.05) is 18.6 Å². The summed E-state index contributed by atoms with van der Waals surface area (Å²) in [5.74, 6) is 0.217. The first-order valence-electron chi connectivity index (χ1n) is 15.7. The van der Waals surface area contributed by atoms with E-state index in [2.05, 4.69) is 35.6 Å². The Hall–Kier alpha value is -4.12. The molecule has 0 radical (unpaired) electrons. The molecular weight excluding hydrogens is 540 g/mol. The summed E-state index contributed by atoms with van der Waals surface area (Å²) in [6.07, 6.45) is 12.7. The van der Waals surface area contributed by atoms with E-state index in [9.17, 15) is 20.0 Å². The summed E-state index contributed by atoms with van der Waals surface area (Å²) in [7, 11) is 1.59. The molecule has 43 heavy (non-hydrogen) atoms. The molecule has 3 aromatic rings. The van der Waals surface area contributed by atoms with E-state index in [1.165, 1.54) is 18.4 Å². The van der Waals surface area contributed by atoms with Crippen molar-refractivity contribution < 1.29 is 19.4 Å². The Balaban J connectivity index is 1.19. The molecule has 6 rings (SSSR count). The molecule has 0 atom stereocenters. The number of ether oxygens (including phenoxy) is 1. The van der Waals surface area contributed by atoms with Crippen LogP contribution in [0.4, 0.5) is 5.69 Å². The van der Waals surface area contributed by atoms with Crippen LogP contribution in [0.5, 0.6) is 5.75 Å². The average molecular weight is 581 g/mol. The molecule has 0 spiro atoms. The van der Waals surface area contributed by atoms with Gasteiger partial charge in [-0.3, -0.25) is 14.3 Å². The second-order valence-corrected chi connectivity index (χ2v) is 12.6. The van der Waals surface area contributed by atoms with Gasteiger partial charge in [0, 0.05) is 29.9 Å². The number of carboxylic acids is 1. The zero-order valence-corrected chi connectivity index (χ0v) is 24.8. The number of benzene rings is 2. The summed E-state index contributed by atoms with van der Waals surface area (Å²) in [4.78, 5) is 27.7. The van der Waals surface area contributed by atoms with E-state index in [1.807, 2.05) is 40.0 Å². The molecule has 1 N–H and O–H groups in total. The van der Waals surface area contributed by atoms with Gasteiger partial charge in [0.15, 0.2) is 0 Å². The van der Waals surface area contributed by atoms with E-state index in [0.29, 0.717) is 61.4 Å². The smallest absolute Gasteiger partial charge is 0.306 e.